The van der Waals surface area contributed by atoms with E-state index in [9.17, 15) is 0 Å². The molecule has 0 atom stereocenters. The van der Waals surface area contributed by atoms with Gasteiger partial charge in [0.15, 0.2) is 0 Å². The molecule has 2 nitrogen and oxygen atoms in total. The summed E-state index contributed by atoms with van der Waals surface area (Å²) < 4.78 is 5.56. The summed E-state index contributed by atoms with van der Waals surface area (Å²) >= 11 is 5.83. The van der Waals surface area contributed by atoms with Crippen molar-refractivity contribution in [3.8, 4) is 5.75 Å². The number of para-hydroxylation sites is 1. The van der Waals surface area contributed by atoms with Gasteiger partial charge < -0.3 is 10.1 Å². The van der Waals surface area contributed by atoms with Gasteiger partial charge >= 0.3 is 0 Å². The molecule has 0 saturated carbocycles. The molecule has 1 aromatic carbocycles. The van der Waals surface area contributed by atoms with E-state index in [1.54, 1.807) is 0 Å². The first kappa shape index (κ1) is 13.3. The lowest BCUT2D eigenvalue weighted by molar-refractivity contribution is 0.298. The van der Waals surface area contributed by atoms with Crippen LogP contribution in [0.4, 0.5) is 0 Å². The fourth-order valence-corrected chi connectivity index (χ4v) is 1.33. The van der Waals surface area contributed by atoms with Crippen LogP contribution in [0.25, 0.3) is 0 Å². The number of benzene rings is 1. The van der Waals surface area contributed by atoms with Crippen LogP contribution < -0.4 is 10.1 Å². The maximum atomic E-state index is 5.83. The van der Waals surface area contributed by atoms with E-state index in [-0.39, 0.29) is 5.41 Å². The third-order valence-corrected chi connectivity index (χ3v) is 2.98. The fourth-order valence-electron chi connectivity index (χ4n) is 1.23. The van der Waals surface area contributed by atoms with E-state index >= 15 is 0 Å². The van der Waals surface area contributed by atoms with Gasteiger partial charge in [0.05, 0.1) is 0 Å². The average Bonchev–Trinajstić information content (AvgIpc) is 2.30. The standard InChI is InChI=1S/C13H20ClNO/c1-13(2,10-14)11-15-8-9-16-12-6-4-3-5-7-12/h3-7,15H,8-11H2,1-2H3. The van der Waals surface area contributed by atoms with E-state index in [2.05, 4.69) is 19.2 Å². The molecule has 0 unspecified atom stereocenters. The van der Waals surface area contributed by atoms with Crippen molar-refractivity contribution in [2.45, 2.75) is 13.8 Å². The second-order valence-corrected chi connectivity index (χ2v) is 4.90. The summed E-state index contributed by atoms with van der Waals surface area (Å²) in [5.41, 5.74) is 0.147. The molecule has 90 valence electrons. The van der Waals surface area contributed by atoms with Crippen LogP contribution >= 0.6 is 11.6 Å². The number of nitrogens with one attached hydrogen (secondary N) is 1. The number of halogens is 1. The van der Waals surface area contributed by atoms with Crippen molar-refractivity contribution in [1.29, 1.82) is 0 Å². The van der Waals surface area contributed by atoms with Crippen molar-refractivity contribution in [2.24, 2.45) is 5.41 Å². The maximum absolute atomic E-state index is 5.83. The first-order valence-electron chi connectivity index (χ1n) is 5.58. The Labute approximate surface area is 103 Å². The molecule has 0 spiro atoms. The van der Waals surface area contributed by atoms with Gasteiger partial charge in [-0.3, -0.25) is 0 Å². The summed E-state index contributed by atoms with van der Waals surface area (Å²) in [6.07, 6.45) is 0. The summed E-state index contributed by atoms with van der Waals surface area (Å²) in [4.78, 5) is 0. The Morgan fingerprint density at radius 2 is 1.94 bits per heavy atom. The third-order valence-electron chi connectivity index (χ3n) is 2.26. The SMILES string of the molecule is CC(C)(CCl)CNCCOc1ccccc1. The Kier molecular flexibility index (Phi) is 5.64. The predicted molar refractivity (Wildman–Crippen MR) is 69.3 cm³/mol. The van der Waals surface area contributed by atoms with Crippen LogP contribution in [0, 0.1) is 5.41 Å². The van der Waals surface area contributed by atoms with Crippen LogP contribution in [0.15, 0.2) is 30.3 Å². The van der Waals surface area contributed by atoms with Crippen molar-refractivity contribution < 1.29 is 4.74 Å². The van der Waals surface area contributed by atoms with Crippen LogP contribution in [-0.2, 0) is 0 Å². The molecule has 0 aliphatic heterocycles. The third kappa shape index (κ3) is 5.38. The van der Waals surface area contributed by atoms with E-state index in [1.807, 2.05) is 30.3 Å². The molecule has 0 amide bonds. The highest BCUT2D eigenvalue weighted by atomic mass is 35.5. The molecule has 0 fully saturated rings. The average molecular weight is 242 g/mol. The first-order chi connectivity index (χ1) is 7.64. The van der Waals surface area contributed by atoms with Crippen LogP contribution in [0.1, 0.15) is 13.8 Å². The summed E-state index contributed by atoms with van der Waals surface area (Å²) in [5.74, 6) is 1.58. The molecule has 0 saturated heterocycles. The molecule has 1 aromatic rings. The lowest BCUT2D eigenvalue weighted by Crippen LogP contribution is -2.33. The van der Waals surface area contributed by atoms with E-state index in [0.29, 0.717) is 12.5 Å². The van der Waals surface area contributed by atoms with E-state index in [0.717, 1.165) is 18.8 Å². The summed E-state index contributed by atoms with van der Waals surface area (Å²) in [5, 5.41) is 3.34. The van der Waals surface area contributed by atoms with E-state index in [1.165, 1.54) is 0 Å². The smallest absolute Gasteiger partial charge is 0.119 e. The molecular formula is C13H20ClNO. The zero-order valence-corrected chi connectivity index (χ0v) is 10.8. The minimum atomic E-state index is 0.147. The summed E-state index contributed by atoms with van der Waals surface area (Å²) in [6.45, 7) is 6.72. The van der Waals surface area contributed by atoms with Crippen LogP contribution in [0.3, 0.4) is 0 Å². The molecule has 0 bridgehead atoms. The van der Waals surface area contributed by atoms with Gasteiger partial charge in [0.25, 0.3) is 0 Å². The van der Waals surface area contributed by atoms with Crippen molar-refractivity contribution in [3.05, 3.63) is 30.3 Å². The first-order valence-corrected chi connectivity index (χ1v) is 6.12. The second kappa shape index (κ2) is 6.77. The van der Waals surface area contributed by atoms with Gasteiger partial charge in [-0.25, -0.2) is 0 Å². The van der Waals surface area contributed by atoms with Gasteiger partial charge in [-0.15, -0.1) is 11.6 Å². The van der Waals surface area contributed by atoms with Gasteiger partial charge in [0, 0.05) is 19.0 Å². The van der Waals surface area contributed by atoms with Crippen molar-refractivity contribution in [2.75, 3.05) is 25.6 Å². The summed E-state index contributed by atoms with van der Waals surface area (Å²) in [7, 11) is 0. The van der Waals surface area contributed by atoms with Crippen molar-refractivity contribution in [1.82, 2.24) is 5.32 Å². The molecule has 0 aliphatic carbocycles. The maximum Gasteiger partial charge on any atom is 0.119 e. The number of ether oxygens (including phenoxy) is 1. The Balaban J connectivity index is 2.09. The largest absolute Gasteiger partial charge is 0.492 e. The number of hydrogen-bond donors (Lipinski definition) is 1. The molecule has 0 heterocycles. The normalized spacial score (nSPS) is 11.4. The predicted octanol–water partition coefficient (Wildman–Crippen LogP) is 2.92. The van der Waals surface area contributed by atoms with Gasteiger partial charge in [-0.05, 0) is 17.5 Å². The molecule has 3 heteroatoms. The Hall–Kier alpha value is -0.730. The Morgan fingerprint density at radius 3 is 2.56 bits per heavy atom. The number of rotatable bonds is 7. The zero-order valence-electron chi connectivity index (χ0n) is 10.0. The Bertz CT molecular complexity index is 287. The lowest BCUT2D eigenvalue weighted by atomic mass is 9.97. The van der Waals surface area contributed by atoms with Crippen LogP contribution in [0.2, 0.25) is 0 Å². The minimum absolute atomic E-state index is 0.147. The zero-order chi connectivity index (χ0) is 11.9. The fraction of sp³-hybridized carbons (Fsp3) is 0.538. The van der Waals surface area contributed by atoms with Gasteiger partial charge in [-0.1, -0.05) is 32.0 Å². The molecule has 1 N–H and O–H groups in total. The minimum Gasteiger partial charge on any atom is -0.492 e. The second-order valence-electron chi connectivity index (χ2n) is 4.64. The van der Waals surface area contributed by atoms with Gasteiger partial charge in [0.2, 0.25) is 0 Å². The molecule has 1 rings (SSSR count). The van der Waals surface area contributed by atoms with Crippen molar-refractivity contribution >= 4 is 11.6 Å². The molecule has 0 aromatic heterocycles. The molecule has 0 radical (unpaired) electrons. The van der Waals surface area contributed by atoms with Crippen LogP contribution in [-0.4, -0.2) is 25.6 Å². The van der Waals surface area contributed by atoms with E-state index < -0.39 is 0 Å². The molecule has 0 aliphatic rings. The molecular weight excluding hydrogens is 222 g/mol. The topological polar surface area (TPSA) is 21.3 Å². The monoisotopic (exact) mass is 241 g/mol. The van der Waals surface area contributed by atoms with Crippen LogP contribution in [0.5, 0.6) is 5.75 Å². The van der Waals surface area contributed by atoms with Crippen molar-refractivity contribution in [3.63, 3.8) is 0 Å². The Morgan fingerprint density at radius 1 is 1.25 bits per heavy atom. The van der Waals surface area contributed by atoms with Gasteiger partial charge in [-0.2, -0.15) is 0 Å². The molecule has 16 heavy (non-hydrogen) atoms. The highest BCUT2D eigenvalue weighted by Gasteiger charge is 2.14. The lowest BCUT2D eigenvalue weighted by Gasteiger charge is -2.21. The number of alkyl halides is 1. The summed E-state index contributed by atoms with van der Waals surface area (Å²) in [6, 6.07) is 9.85. The van der Waals surface area contributed by atoms with E-state index in [4.69, 9.17) is 16.3 Å². The van der Waals surface area contributed by atoms with Gasteiger partial charge in [0.1, 0.15) is 12.4 Å². The quantitative estimate of drug-likeness (QED) is 0.586. The highest BCUT2D eigenvalue weighted by Crippen LogP contribution is 2.14. The highest BCUT2D eigenvalue weighted by molar-refractivity contribution is 6.18. The number of hydrogen-bond acceptors (Lipinski definition) is 2.